The van der Waals surface area contributed by atoms with E-state index in [4.69, 9.17) is 19.5 Å². The number of hydrogen-bond donors (Lipinski definition) is 0. The molecular formula is C16H13NO4. The molecule has 0 aliphatic rings. The van der Waals surface area contributed by atoms with Crippen LogP contribution in [-0.2, 0) is 4.79 Å². The summed E-state index contributed by atoms with van der Waals surface area (Å²) in [6.45, 7) is -0.273. The fraction of sp³-hybridized carbons (Fsp3) is 0.125. The van der Waals surface area contributed by atoms with E-state index in [9.17, 15) is 4.79 Å². The van der Waals surface area contributed by atoms with Crippen molar-refractivity contribution in [3.05, 3.63) is 54.1 Å². The van der Waals surface area contributed by atoms with Gasteiger partial charge in [0.05, 0.1) is 12.7 Å². The summed E-state index contributed by atoms with van der Waals surface area (Å²) < 4.78 is 15.4. The van der Waals surface area contributed by atoms with Gasteiger partial charge in [-0.1, -0.05) is 12.1 Å². The van der Waals surface area contributed by atoms with E-state index < -0.39 is 5.97 Å². The van der Waals surface area contributed by atoms with Gasteiger partial charge in [-0.3, -0.25) is 0 Å². The largest absolute Gasteiger partial charge is 0.497 e. The standard InChI is InChI=1S/C16H13NO4/c1-19-13-6-8-14(9-7-13)21-16(18)11-20-15-5-3-2-4-12(15)10-17/h2-9H,11H2,1H3. The number of rotatable bonds is 5. The van der Waals surface area contributed by atoms with Crippen molar-refractivity contribution in [2.75, 3.05) is 13.7 Å². The van der Waals surface area contributed by atoms with Crippen molar-refractivity contribution >= 4 is 5.97 Å². The van der Waals surface area contributed by atoms with Crippen LogP contribution in [0.25, 0.3) is 0 Å². The molecule has 0 aliphatic heterocycles. The molecule has 2 rings (SSSR count). The minimum atomic E-state index is -0.548. The van der Waals surface area contributed by atoms with Gasteiger partial charge in [0.15, 0.2) is 6.61 Å². The van der Waals surface area contributed by atoms with Crippen molar-refractivity contribution in [3.8, 4) is 23.3 Å². The molecule has 2 aromatic carbocycles. The molecule has 5 heteroatoms. The third-order valence-corrected chi connectivity index (χ3v) is 2.64. The molecule has 0 fully saturated rings. The van der Waals surface area contributed by atoms with Crippen LogP contribution in [0.3, 0.4) is 0 Å². The first-order valence-corrected chi connectivity index (χ1v) is 6.19. The number of para-hydroxylation sites is 1. The van der Waals surface area contributed by atoms with Crippen molar-refractivity contribution in [2.45, 2.75) is 0 Å². The molecule has 0 atom stereocenters. The number of nitriles is 1. The smallest absolute Gasteiger partial charge is 0.349 e. The molecule has 0 N–H and O–H groups in total. The molecule has 21 heavy (non-hydrogen) atoms. The van der Waals surface area contributed by atoms with Crippen molar-refractivity contribution in [1.82, 2.24) is 0 Å². The second kappa shape index (κ2) is 6.96. The van der Waals surface area contributed by atoms with Crippen molar-refractivity contribution in [2.24, 2.45) is 0 Å². The molecular weight excluding hydrogens is 270 g/mol. The number of hydrogen-bond acceptors (Lipinski definition) is 5. The van der Waals surface area contributed by atoms with Crippen LogP contribution >= 0.6 is 0 Å². The minimum absolute atomic E-state index is 0.273. The maximum Gasteiger partial charge on any atom is 0.349 e. The lowest BCUT2D eigenvalue weighted by Gasteiger charge is -2.08. The number of esters is 1. The molecule has 106 valence electrons. The molecule has 0 heterocycles. The zero-order valence-electron chi connectivity index (χ0n) is 11.4. The van der Waals surface area contributed by atoms with Gasteiger partial charge in [0.1, 0.15) is 23.3 Å². The van der Waals surface area contributed by atoms with E-state index in [0.29, 0.717) is 22.8 Å². The Morgan fingerprint density at radius 3 is 2.43 bits per heavy atom. The lowest BCUT2D eigenvalue weighted by molar-refractivity contribution is -0.136. The molecule has 5 nitrogen and oxygen atoms in total. The van der Waals surface area contributed by atoms with Crippen LogP contribution in [0.2, 0.25) is 0 Å². The number of carbonyl (C=O) groups excluding carboxylic acids is 1. The maximum atomic E-state index is 11.7. The van der Waals surface area contributed by atoms with Gasteiger partial charge in [-0.2, -0.15) is 5.26 Å². The summed E-state index contributed by atoms with van der Waals surface area (Å²) in [4.78, 5) is 11.7. The van der Waals surface area contributed by atoms with Crippen molar-refractivity contribution in [3.63, 3.8) is 0 Å². The first kappa shape index (κ1) is 14.4. The van der Waals surface area contributed by atoms with Crippen LogP contribution in [0.4, 0.5) is 0 Å². The predicted octanol–water partition coefficient (Wildman–Crippen LogP) is 2.55. The van der Waals surface area contributed by atoms with Gasteiger partial charge >= 0.3 is 5.97 Å². The maximum absolute atomic E-state index is 11.7. The number of methoxy groups -OCH3 is 1. The third-order valence-electron chi connectivity index (χ3n) is 2.64. The number of nitrogens with zero attached hydrogens (tertiary/aromatic N) is 1. The average molecular weight is 283 g/mol. The average Bonchev–Trinajstić information content (AvgIpc) is 2.54. The Kier molecular flexibility index (Phi) is 4.78. The van der Waals surface area contributed by atoms with Gasteiger partial charge in [0.2, 0.25) is 0 Å². The fourth-order valence-electron chi connectivity index (χ4n) is 1.63. The van der Waals surface area contributed by atoms with Gasteiger partial charge in [-0.15, -0.1) is 0 Å². The van der Waals surface area contributed by atoms with Crippen LogP contribution in [0.15, 0.2) is 48.5 Å². The topological polar surface area (TPSA) is 68.6 Å². The lowest BCUT2D eigenvalue weighted by atomic mass is 10.2. The normalized spacial score (nSPS) is 9.52. The zero-order chi connectivity index (χ0) is 15.1. The highest BCUT2D eigenvalue weighted by molar-refractivity contribution is 5.74. The van der Waals surface area contributed by atoms with E-state index >= 15 is 0 Å². The van der Waals surface area contributed by atoms with Crippen molar-refractivity contribution in [1.29, 1.82) is 5.26 Å². The molecule has 0 spiro atoms. The van der Waals surface area contributed by atoms with Gasteiger partial charge in [0.25, 0.3) is 0 Å². The van der Waals surface area contributed by atoms with E-state index in [1.54, 1.807) is 55.6 Å². The Bertz CT molecular complexity index is 659. The van der Waals surface area contributed by atoms with E-state index in [1.165, 1.54) is 0 Å². The Morgan fingerprint density at radius 2 is 1.76 bits per heavy atom. The van der Waals surface area contributed by atoms with Crippen LogP contribution in [0, 0.1) is 11.3 Å². The highest BCUT2D eigenvalue weighted by atomic mass is 16.6. The van der Waals surface area contributed by atoms with Crippen molar-refractivity contribution < 1.29 is 19.0 Å². The summed E-state index contributed by atoms with van der Waals surface area (Å²) in [7, 11) is 1.56. The van der Waals surface area contributed by atoms with Crippen LogP contribution < -0.4 is 14.2 Å². The Labute approximate surface area is 122 Å². The molecule has 2 aromatic rings. The van der Waals surface area contributed by atoms with Crippen LogP contribution in [0.5, 0.6) is 17.2 Å². The van der Waals surface area contributed by atoms with E-state index in [1.807, 2.05) is 6.07 Å². The lowest BCUT2D eigenvalue weighted by Crippen LogP contribution is -2.18. The zero-order valence-corrected chi connectivity index (χ0v) is 11.4. The van der Waals surface area contributed by atoms with Crippen LogP contribution in [-0.4, -0.2) is 19.7 Å². The van der Waals surface area contributed by atoms with E-state index in [0.717, 1.165) is 0 Å². The van der Waals surface area contributed by atoms with E-state index in [2.05, 4.69) is 0 Å². The van der Waals surface area contributed by atoms with Gasteiger partial charge < -0.3 is 14.2 Å². The number of ether oxygens (including phenoxy) is 3. The summed E-state index contributed by atoms with van der Waals surface area (Å²) in [6.07, 6.45) is 0. The Hall–Kier alpha value is -3.00. The Morgan fingerprint density at radius 1 is 1.10 bits per heavy atom. The predicted molar refractivity (Wildman–Crippen MR) is 75.3 cm³/mol. The van der Waals surface area contributed by atoms with E-state index in [-0.39, 0.29) is 6.61 Å². The molecule has 0 bridgehead atoms. The molecule has 0 unspecified atom stereocenters. The highest BCUT2D eigenvalue weighted by Gasteiger charge is 2.08. The monoisotopic (exact) mass is 283 g/mol. The highest BCUT2D eigenvalue weighted by Crippen LogP contribution is 2.18. The number of carbonyl (C=O) groups is 1. The molecule has 0 radical (unpaired) electrons. The second-order valence-corrected chi connectivity index (χ2v) is 4.05. The first-order valence-electron chi connectivity index (χ1n) is 6.19. The number of benzene rings is 2. The second-order valence-electron chi connectivity index (χ2n) is 4.05. The van der Waals surface area contributed by atoms with Gasteiger partial charge in [-0.05, 0) is 36.4 Å². The quantitative estimate of drug-likeness (QED) is 0.623. The first-order chi connectivity index (χ1) is 10.2. The summed E-state index contributed by atoms with van der Waals surface area (Å²) in [6, 6.07) is 15.3. The molecule has 0 saturated carbocycles. The Balaban J connectivity index is 1.91. The summed E-state index contributed by atoms with van der Waals surface area (Å²) in [5, 5.41) is 8.91. The SMILES string of the molecule is COc1ccc(OC(=O)COc2ccccc2C#N)cc1. The molecule has 0 amide bonds. The molecule has 0 aromatic heterocycles. The molecule has 0 aliphatic carbocycles. The fourth-order valence-corrected chi connectivity index (χ4v) is 1.63. The summed E-state index contributed by atoms with van der Waals surface area (Å²) >= 11 is 0. The molecule has 0 saturated heterocycles. The van der Waals surface area contributed by atoms with Gasteiger partial charge in [0, 0.05) is 0 Å². The van der Waals surface area contributed by atoms with Gasteiger partial charge in [-0.25, -0.2) is 4.79 Å². The third kappa shape index (κ3) is 3.98. The van der Waals surface area contributed by atoms with Crippen LogP contribution in [0.1, 0.15) is 5.56 Å². The minimum Gasteiger partial charge on any atom is -0.497 e. The summed E-state index contributed by atoms with van der Waals surface area (Å²) in [5.41, 5.74) is 0.370. The summed E-state index contributed by atoms with van der Waals surface area (Å²) in [5.74, 6) is 0.881.